The summed E-state index contributed by atoms with van der Waals surface area (Å²) in [5, 5.41) is 9.45. The lowest BCUT2D eigenvalue weighted by Gasteiger charge is -2.26. The fourth-order valence-electron chi connectivity index (χ4n) is 5.40. The molecule has 1 aromatic heterocycles. The monoisotopic (exact) mass is 879 g/mol. The number of benzene rings is 4. The lowest BCUT2D eigenvalue weighted by molar-refractivity contribution is -0.138. The highest BCUT2D eigenvalue weighted by atomic mass is 127. The molecular formula is C37H27I2N3O5S. The van der Waals surface area contributed by atoms with Crippen LogP contribution >= 0.6 is 56.5 Å². The number of carbonyl (C=O) groups is 1. The topological polar surface area (TPSA) is 103 Å². The summed E-state index contributed by atoms with van der Waals surface area (Å²) in [6.45, 7) is 2.18. The van der Waals surface area contributed by atoms with Crippen molar-refractivity contribution in [3.05, 3.63) is 151 Å². The molecule has 240 valence electrons. The minimum absolute atomic E-state index is 0.173. The van der Waals surface area contributed by atoms with Gasteiger partial charge < -0.3 is 14.2 Å². The second kappa shape index (κ2) is 14.9. The van der Waals surface area contributed by atoms with Crippen LogP contribution in [0.25, 0.3) is 11.8 Å². The fourth-order valence-corrected chi connectivity index (χ4v) is 8.53. The van der Waals surface area contributed by atoms with E-state index in [0.29, 0.717) is 32.1 Å². The number of esters is 1. The summed E-state index contributed by atoms with van der Waals surface area (Å²) < 4.78 is 20.9. The van der Waals surface area contributed by atoms with Crippen molar-refractivity contribution in [2.24, 2.45) is 4.99 Å². The van der Waals surface area contributed by atoms with Gasteiger partial charge in [-0.1, -0.05) is 72.0 Å². The Labute approximate surface area is 307 Å². The Balaban J connectivity index is 1.47. The predicted molar refractivity (Wildman–Crippen MR) is 201 cm³/mol. The summed E-state index contributed by atoms with van der Waals surface area (Å²) in [4.78, 5) is 33.3. The van der Waals surface area contributed by atoms with Crippen LogP contribution in [0.5, 0.6) is 11.5 Å². The van der Waals surface area contributed by atoms with Crippen molar-refractivity contribution in [2.75, 3.05) is 13.7 Å². The number of methoxy groups -OCH3 is 1. The van der Waals surface area contributed by atoms with Gasteiger partial charge in [-0.15, -0.1) is 0 Å². The standard InChI is InChI=1S/C37H27I2N3O5S/c1-3-46-36(44)31-32(23-9-5-4-6-10-23)41-37-42(33(31)24-13-15-27(45-2)16-14-24)35(43)30(48-37)19-22-17-28(38)34(29(39)18-22)47-21-26-12-8-7-11-25(26)20-40/h4-19,33H,3,21H2,1-2H3/b30-19-/t33-/m0/s1. The predicted octanol–water partition coefficient (Wildman–Crippen LogP) is 6.60. The number of hydrogen-bond donors (Lipinski definition) is 0. The lowest BCUT2D eigenvalue weighted by atomic mass is 9.93. The molecule has 8 nitrogen and oxygen atoms in total. The maximum absolute atomic E-state index is 14.3. The average molecular weight is 880 g/mol. The van der Waals surface area contributed by atoms with Crippen LogP contribution in [0.15, 0.2) is 106 Å². The molecule has 6 rings (SSSR count). The Morgan fingerprint density at radius 1 is 1.02 bits per heavy atom. The van der Waals surface area contributed by atoms with Crippen LogP contribution < -0.4 is 24.4 Å². The molecule has 1 atom stereocenters. The van der Waals surface area contributed by atoms with Crippen molar-refractivity contribution < 1.29 is 19.0 Å². The lowest BCUT2D eigenvalue weighted by Crippen LogP contribution is -2.40. The Morgan fingerprint density at radius 2 is 1.71 bits per heavy atom. The van der Waals surface area contributed by atoms with E-state index in [4.69, 9.17) is 19.2 Å². The van der Waals surface area contributed by atoms with E-state index in [1.165, 1.54) is 11.3 Å². The highest BCUT2D eigenvalue weighted by Gasteiger charge is 2.35. The van der Waals surface area contributed by atoms with Crippen molar-refractivity contribution >= 4 is 74.3 Å². The van der Waals surface area contributed by atoms with Crippen LogP contribution in [0.1, 0.15) is 40.8 Å². The summed E-state index contributed by atoms with van der Waals surface area (Å²) in [5.41, 5.74) is 4.14. The summed E-state index contributed by atoms with van der Waals surface area (Å²) in [7, 11) is 1.59. The molecule has 0 bridgehead atoms. The molecule has 0 radical (unpaired) electrons. The first-order chi connectivity index (χ1) is 23.3. The second-order valence-electron chi connectivity index (χ2n) is 10.6. The number of nitrogens with zero attached hydrogens (tertiary/aromatic N) is 3. The van der Waals surface area contributed by atoms with E-state index in [2.05, 4.69) is 51.3 Å². The molecule has 4 aromatic carbocycles. The Morgan fingerprint density at radius 3 is 2.38 bits per heavy atom. The summed E-state index contributed by atoms with van der Waals surface area (Å²) >= 11 is 5.71. The van der Waals surface area contributed by atoms with E-state index in [1.54, 1.807) is 24.7 Å². The van der Waals surface area contributed by atoms with E-state index in [1.807, 2.05) is 91.0 Å². The van der Waals surface area contributed by atoms with Crippen LogP contribution in [0.2, 0.25) is 0 Å². The maximum atomic E-state index is 14.3. The molecule has 1 aliphatic rings. The van der Waals surface area contributed by atoms with Gasteiger partial charge in [0.25, 0.3) is 5.56 Å². The number of rotatable bonds is 9. The number of carbonyl (C=O) groups excluding carboxylic acids is 1. The molecule has 48 heavy (non-hydrogen) atoms. The fraction of sp³-hybridized carbons (Fsp3) is 0.135. The SMILES string of the molecule is CCOC(=O)C1=C(c2ccccc2)N=c2s/c(=C\c3cc(I)c(OCc4ccccc4C#N)c(I)c3)c(=O)n2[C@H]1c1ccc(OC)cc1. The summed E-state index contributed by atoms with van der Waals surface area (Å²) in [6.07, 6.45) is 1.84. The third-order valence-corrected chi connectivity index (χ3v) is 10.2. The Hall–Kier alpha value is -4.26. The van der Waals surface area contributed by atoms with Crippen molar-refractivity contribution in [1.29, 1.82) is 5.26 Å². The number of ether oxygens (including phenoxy) is 3. The Bertz CT molecular complexity index is 2250. The van der Waals surface area contributed by atoms with Gasteiger partial charge in [0, 0.05) is 11.1 Å². The van der Waals surface area contributed by atoms with Crippen LogP contribution in [-0.4, -0.2) is 24.3 Å². The average Bonchev–Trinajstić information content (AvgIpc) is 3.41. The van der Waals surface area contributed by atoms with Gasteiger partial charge in [0.05, 0.1) is 54.3 Å². The third kappa shape index (κ3) is 6.83. The zero-order valence-corrected chi connectivity index (χ0v) is 30.9. The number of thiazole rings is 1. The zero-order valence-electron chi connectivity index (χ0n) is 25.8. The first kappa shape index (κ1) is 33.6. The van der Waals surface area contributed by atoms with Gasteiger partial charge in [-0.05, 0) is 99.6 Å². The molecule has 2 heterocycles. The van der Waals surface area contributed by atoms with Gasteiger partial charge in [-0.25, -0.2) is 9.79 Å². The third-order valence-electron chi connectivity index (χ3n) is 7.63. The quantitative estimate of drug-likeness (QED) is 0.122. The van der Waals surface area contributed by atoms with E-state index >= 15 is 0 Å². The van der Waals surface area contributed by atoms with Gasteiger partial charge >= 0.3 is 5.97 Å². The minimum Gasteiger partial charge on any atom is -0.497 e. The van der Waals surface area contributed by atoms with E-state index in [9.17, 15) is 14.9 Å². The molecule has 0 aliphatic carbocycles. The second-order valence-corrected chi connectivity index (χ2v) is 13.9. The molecule has 1 aliphatic heterocycles. The first-order valence-electron chi connectivity index (χ1n) is 14.8. The summed E-state index contributed by atoms with van der Waals surface area (Å²) in [5.74, 6) is 0.822. The van der Waals surface area contributed by atoms with Gasteiger partial charge in [-0.2, -0.15) is 5.26 Å². The number of hydrogen-bond acceptors (Lipinski definition) is 8. The van der Waals surface area contributed by atoms with E-state index < -0.39 is 12.0 Å². The van der Waals surface area contributed by atoms with Crippen LogP contribution in [0.3, 0.4) is 0 Å². The van der Waals surface area contributed by atoms with E-state index in [-0.39, 0.29) is 24.3 Å². The molecule has 0 fully saturated rings. The summed E-state index contributed by atoms with van der Waals surface area (Å²) in [6, 6.07) is 29.5. The van der Waals surface area contributed by atoms with Crippen molar-refractivity contribution in [2.45, 2.75) is 19.6 Å². The molecule has 0 saturated carbocycles. The molecular weight excluding hydrogens is 852 g/mol. The van der Waals surface area contributed by atoms with Crippen LogP contribution in [0.4, 0.5) is 0 Å². The first-order valence-corrected chi connectivity index (χ1v) is 17.8. The molecule has 0 N–H and O–H groups in total. The maximum Gasteiger partial charge on any atom is 0.338 e. The van der Waals surface area contributed by atoms with E-state index in [0.717, 1.165) is 29.4 Å². The van der Waals surface area contributed by atoms with Crippen molar-refractivity contribution in [3.63, 3.8) is 0 Å². The molecule has 0 saturated heterocycles. The molecule has 11 heteroatoms. The largest absolute Gasteiger partial charge is 0.497 e. The smallest absolute Gasteiger partial charge is 0.338 e. The van der Waals surface area contributed by atoms with Gasteiger partial charge in [-0.3, -0.25) is 9.36 Å². The highest BCUT2D eigenvalue weighted by Crippen LogP contribution is 2.36. The highest BCUT2D eigenvalue weighted by molar-refractivity contribution is 14.1. The number of nitriles is 1. The van der Waals surface area contributed by atoms with Crippen LogP contribution in [0, 0.1) is 18.5 Å². The Kier molecular flexibility index (Phi) is 10.4. The zero-order chi connectivity index (χ0) is 33.8. The number of halogens is 2. The molecule has 0 spiro atoms. The van der Waals surface area contributed by atoms with Gasteiger partial charge in [0.15, 0.2) is 4.80 Å². The minimum atomic E-state index is -0.782. The number of aromatic nitrogens is 1. The van der Waals surface area contributed by atoms with Crippen LogP contribution in [-0.2, 0) is 16.1 Å². The van der Waals surface area contributed by atoms with Gasteiger partial charge in [0.1, 0.15) is 18.1 Å². The van der Waals surface area contributed by atoms with Crippen molar-refractivity contribution in [1.82, 2.24) is 4.57 Å². The molecule has 0 unspecified atom stereocenters. The number of fused-ring (bicyclic) bond motifs is 1. The molecule has 0 amide bonds. The normalized spacial score (nSPS) is 14.1. The van der Waals surface area contributed by atoms with Gasteiger partial charge in [0.2, 0.25) is 0 Å². The molecule has 5 aromatic rings. The van der Waals surface area contributed by atoms with Crippen molar-refractivity contribution in [3.8, 4) is 17.6 Å².